The summed E-state index contributed by atoms with van der Waals surface area (Å²) in [7, 11) is 0. The van der Waals surface area contributed by atoms with Gasteiger partial charge in [0.05, 0.1) is 11.4 Å². The molecule has 2 aliphatic rings. The van der Waals surface area contributed by atoms with Crippen molar-refractivity contribution in [2.24, 2.45) is 0 Å². The second-order valence-corrected chi connectivity index (χ2v) is 11.1. The highest BCUT2D eigenvalue weighted by Crippen LogP contribution is 2.46. The molecule has 5 rings (SSSR count). The van der Waals surface area contributed by atoms with Crippen molar-refractivity contribution in [3.8, 4) is 34.5 Å². The number of nitrogen functional groups attached to an aromatic ring is 2. The van der Waals surface area contributed by atoms with Crippen molar-refractivity contribution in [2.75, 3.05) is 11.5 Å². The second-order valence-electron chi connectivity index (χ2n) is 11.1. The quantitative estimate of drug-likeness (QED) is 0.193. The molecule has 0 saturated heterocycles. The van der Waals surface area contributed by atoms with Crippen LogP contribution in [-0.4, -0.2) is 10.2 Å². The normalized spacial score (nSPS) is 16.9. The smallest absolute Gasteiger partial charge is 0.142 e. The maximum absolute atomic E-state index is 10.8. The van der Waals surface area contributed by atoms with Crippen LogP contribution in [0.25, 0.3) is 0 Å². The van der Waals surface area contributed by atoms with E-state index in [1.165, 1.54) is 12.8 Å². The van der Waals surface area contributed by atoms with Gasteiger partial charge in [-0.1, -0.05) is 44.6 Å². The van der Waals surface area contributed by atoms with Crippen LogP contribution in [0.1, 0.15) is 98.3 Å². The summed E-state index contributed by atoms with van der Waals surface area (Å²) in [5, 5.41) is 21.6. The van der Waals surface area contributed by atoms with Gasteiger partial charge >= 0.3 is 0 Å². The maximum atomic E-state index is 10.8. The molecule has 0 amide bonds. The fourth-order valence-electron chi connectivity index (χ4n) is 6.08. The lowest BCUT2D eigenvalue weighted by atomic mass is 9.83. The Morgan fingerprint density at radius 1 is 0.632 bits per heavy atom. The monoisotopic (exact) mass is 516 g/mol. The summed E-state index contributed by atoms with van der Waals surface area (Å²) in [5.41, 5.74) is 16.5. The van der Waals surface area contributed by atoms with Crippen molar-refractivity contribution in [2.45, 2.75) is 89.9 Å². The summed E-state index contributed by atoms with van der Waals surface area (Å²) >= 11 is 0. The summed E-state index contributed by atoms with van der Waals surface area (Å²) in [6.07, 6.45) is 11.3. The molecule has 0 bridgehead atoms. The van der Waals surface area contributed by atoms with Crippen molar-refractivity contribution >= 4 is 11.4 Å². The Balaban J connectivity index is 1.41. The van der Waals surface area contributed by atoms with E-state index in [-0.39, 0.29) is 11.5 Å². The molecule has 202 valence electrons. The number of benzene rings is 3. The Bertz CT molecular complexity index is 1210. The van der Waals surface area contributed by atoms with E-state index in [2.05, 4.69) is 0 Å². The lowest BCUT2D eigenvalue weighted by Crippen LogP contribution is -2.07. The Morgan fingerprint density at radius 3 is 1.42 bits per heavy atom. The van der Waals surface area contributed by atoms with Gasteiger partial charge in [0.1, 0.15) is 34.5 Å². The van der Waals surface area contributed by atoms with Crippen LogP contribution in [-0.2, 0) is 0 Å². The number of phenolic OH excluding ortho intramolecular Hbond substituents is 2. The third kappa shape index (κ3) is 5.22. The van der Waals surface area contributed by atoms with Gasteiger partial charge in [0.2, 0.25) is 0 Å². The minimum Gasteiger partial charge on any atom is -0.505 e. The van der Waals surface area contributed by atoms with E-state index in [0.717, 1.165) is 62.5 Å². The predicted molar refractivity (Wildman–Crippen MR) is 153 cm³/mol. The summed E-state index contributed by atoms with van der Waals surface area (Å²) < 4.78 is 12.6. The van der Waals surface area contributed by atoms with Crippen molar-refractivity contribution in [1.82, 2.24) is 0 Å². The average Bonchev–Trinajstić information content (AvgIpc) is 2.95. The van der Waals surface area contributed by atoms with Gasteiger partial charge in [-0.05, 0) is 75.6 Å². The van der Waals surface area contributed by atoms with Crippen LogP contribution in [0.4, 0.5) is 11.4 Å². The summed E-state index contributed by atoms with van der Waals surface area (Å²) in [6, 6.07) is 11.4. The standard InChI is InChI=1S/C32H40N2O4/c1-19-27(17-25(31(35)29(19)33)21-10-5-3-6-11-21)37-23-14-9-15-24(16-23)38-28-18-26(22-12-7-4-8-13-22)32(36)30(34)20(28)2/h9,14-18,21-22,35-36H,3-8,10-13,33-34H2,1-2H3. The number of hydrogen-bond donors (Lipinski definition) is 4. The van der Waals surface area contributed by atoms with Gasteiger partial charge in [0, 0.05) is 28.3 Å². The minimum absolute atomic E-state index is 0.188. The average molecular weight is 517 g/mol. The zero-order valence-electron chi connectivity index (χ0n) is 22.6. The first-order valence-electron chi connectivity index (χ1n) is 14.0. The van der Waals surface area contributed by atoms with Crippen LogP contribution in [0.3, 0.4) is 0 Å². The number of hydrogen-bond acceptors (Lipinski definition) is 6. The molecule has 0 aliphatic heterocycles. The Kier molecular flexibility index (Phi) is 7.59. The van der Waals surface area contributed by atoms with Crippen molar-refractivity contribution in [3.05, 3.63) is 58.7 Å². The SMILES string of the molecule is Cc1c(Oc2cccc(Oc3cc(C4CCCCC4)c(O)c(N)c3C)c2)cc(C2CCCCC2)c(O)c1N. The number of phenols is 2. The highest BCUT2D eigenvalue weighted by atomic mass is 16.5. The molecule has 0 heterocycles. The molecule has 0 spiro atoms. The molecular formula is C32H40N2O4. The molecule has 38 heavy (non-hydrogen) atoms. The fourth-order valence-corrected chi connectivity index (χ4v) is 6.08. The van der Waals surface area contributed by atoms with Crippen LogP contribution in [0.2, 0.25) is 0 Å². The molecule has 6 nitrogen and oxygen atoms in total. The van der Waals surface area contributed by atoms with E-state index in [9.17, 15) is 10.2 Å². The zero-order valence-corrected chi connectivity index (χ0v) is 22.6. The Labute approximate surface area is 225 Å². The molecule has 0 radical (unpaired) electrons. The first-order valence-corrected chi connectivity index (χ1v) is 14.0. The Morgan fingerprint density at radius 2 is 1.03 bits per heavy atom. The minimum atomic E-state index is 0.188. The number of aromatic hydroxyl groups is 2. The van der Waals surface area contributed by atoms with Gasteiger partial charge in [-0.25, -0.2) is 0 Å². The molecule has 0 aromatic heterocycles. The van der Waals surface area contributed by atoms with Crippen LogP contribution in [0.5, 0.6) is 34.5 Å². The van der Waals surface area contributed by atoms with E-state index in [4.69, 9.17) is 20.9 Å². The molecular weight excluding hydrogens is 476 g/mol. The van der Waals surface area contributed by atoms with Gasteiger partial charge in [0.15, 0.2) is 0 Å². The van der Waals surface area contributed by atoms with E-state index < -0.39 is 0 Å². The summed E-state index contributed by atoms with van der Waals surface area (Å²) in [6.45, 7) is 3.73. The van der Waals surface area contributed by atoms with Crippen molar-refractivity contribution in [1.29, 1.82) is 0 Å². The van der Waals surface area contributed by atoms with Crippen LogP contribution in [0.15, 0.2) is 36.4 Å². The second kappa shape index (κ2) is 11.1. The van der Waals surface area contributed by atoms with Gasteiger partial charge in [-0.2, -0.15) is 0 Å². The number of rotatable bonds is 6. The van der Waals surface area contributed by atoms with Crippen LogP contribution < -0.4 is 20.9 Å². The van der Waals surface area contributed by atoms with E-state index in [0.29, 0.717) is 57.3 Å². The van der Waals surface area contributed by atoms with Gasteiger partial charge < -0.3 is 31.2 Å². The lowest BCUT2D eigenvalue weighted by molar-refractivity contribution is 0.409. The molecule has 2 fully saturated rings. The molecule has 6 heteroatoms. The van der Waals surface area contributed by atoms with Crippen molar-refractivity contribution in [3.63, 3.8) is 0 Å². The third-order valence-electron chi connectivity index (χ3n) is 8.53. The number of anilines is 2. The summed E-state index contributed by atoms with van der Waals surface area (Å²) in [4.78, 5) is 0. The highest BCUT2D eigenvalue weighted by molar-refractivity contribution is 5.68. The number of ether oxygens (including phenoxy) is 2. The molecule has 0 atom stereocenters. The molecule has 2 aliphatic carbocycles. The molecule has 2 saturated carbocycles. The number of nitrogens with two attached hydrogens (primary N) is 2. The van der Waals surface area contributed by atoms with Gasteiger partial charge in [-0.15, -0.1) is 0 Å². The third-order valence-corrected chi connectivity index (χ3v) is 8.53. The predicted octanol–water partition coefficient (Wildman–Crippen LogP) is 8.56. The van der Waals surface area contributed by atoms with Gasteiger partial charge in [-0.3, -0.25) is 0 Å². The van der Waals surface area contributed by atoms with Crippen molar-refractivity contribution < 1.29 is 19.7 Å². The van der Waals surface area contributed by atoms with Crippen LogP contribution in [0, 0.1) is 13.8 Å². The topological polar surface area (TPSA) is 111 Å². The van der Waals surface area contributed by atoms with E-state index in [1.807, 2.05) is 50.2 Å². The lowest BCUT2D eigenvalue weighted by Gasteiger charge is -2.25. The molecule has 3 aromatic rings. The summed E-state index contributed by atoms with van der Waals surface area (Å²) in [5.74, 6) is 3.48. The Hall–Kier alpha value is -3.54. The fraction of sp³-hybridized carbons (Fsp3) is 0.438. The highest BCUT2D eigenvalue weighted by Gasteiger charge is 2.24. The van der Waals surface area contributed by atoms with E-state index >= 15 is 0 Å². The first kappa shape index (κ1) is 26.1. The van der Waals surface area contributed by atoms with E-state index in [1.54, 1.807) is 0 Å². The maximum Gasteiger partial charge on any atom is 0.142 e. The molecule has 6 N–H and O–H groups in total. The molecule has 3 aromatic carbocycles. The largest absolute Gasteiger partial charge is 0.505 e. The molecule has 0 unspecified atom stereocenters. The first-order chi connectivity index (χ1) is 18.3. The van der Waals surface area contributed by atoms with Gasteiger partial charge in [0.25, 0.3) is 0 Å². The zero-order chi connectivity index (χ0) is 26.8. The van der Waals surface area contributed by atoms with Crippen LogP contribution >= 0.6 is 0 Å².